The number of amides is 17. The van der Waals surface area contributed by atoms with Gasteiger partial charge in [0.1, 0.15) is 96.4 Å². The van der Waals surface area contributed by atoms with Gasteiger partial charge in [-0.05, 0) is 155 Å². The fourth-order valence-electron chi connectivity index (χ4n) is 17.4. The third-order valence-corrected chi connectivity index (χ3v) is 26.9. The van der Waals surface area contributed by atoms with E-state index in [0.717, 1.165) is 47.1 Å². The molecular formula is C104H147N21O23S. The van der Waals surface area contributed by atoms with E-state index in [1.54, 1.807) is 118 Å². The number of thioether (sulfide) groups is 1. The van der Waals surface area contributed by atoms with Crippen molar-refractivity contribution in [2.24, 2.45) is 46.4 Å². The van der Waals surface area contributed by atoms with Crippen LogP contribution in [0.25, 0.3) is 11.1 Å². The van der Waals surface area contributed by atoms with Gasteiger partial charge in [-0.3, -0.25) is 91.2 Å². The Morgan fingerprint density at radius 3 is 1.54 bits per heavy atom. The fraction of sp³-hybridized carbons (Fsp3) is 0.529. The highest BCUT2D eigenvalue weighted by Gasteiger charge is 2.42. The van der Waals surface area contributed by atoms with Crippen LogP contribution in [0.3, 0.4) is 0 Å². The summed E-state index contributed by atoms with van der Waals surface area (Å²) in [6.07, 6.45) is -0.173. The lowest BCUT2D eigenvalue weighted by molar-refractivity contribution is -0.143. The third-order valence-electron chi connectivity index (χ3n) is 25.9. The Bertz CT molecular complexity index is 5350. The molecule has 8 rings (SSSR count). The number of rotatable bonds is 35. The van der Waals surface area contributed by atoms with Crippen molar-refractivity contribution in [3.05, 3.63) is 161 Å². The second-order valence-electron chi connectivity index (χ2n) is 38.6. The van der Waals surface area contributed by atoms with E-state index >= 15 is 38.4 Å². The smallest absolute Gasteiger partial charge is 0.341 e. The molecule has 5 aromatic rings. The van der Waals surface area contributed by atoms with Crippen LogP contribution in [0.5, 0.6) is 5.75 Å². The molecule has 2 aliphatic heterocycles. The van der Waals surface area contributed by atoms with E-state index in [1.165, 1.54) is 38.2 Å². The number of morpholine rings is 1. The third kappa shape index (κ3) is 40.9. The Balaban J connectivity index is 1.25. The molecule has 26 N–H and O–H groups in total. The van der Waals surface area contributed by atoms with Crippen molar-refractivity contribution >= 4 is 124 Å². The minimum atomic E-state index is -2.11. The summed E-state index contributed by atoms with van der Waals surface area (Å²) in [4.78, 5) is 280. The first kappa shape index (κ1) is 120. The molecule has 0 bridgehead atoms. The molecule has 0 unspecified atom stereocenters. The number of carbonyl (C=O) groups excluding carboxylic acids is 17. The van der Waals surface area contributed by atoms with Gasteiger partial charge in [-0.25, -0.2) is 4.79 Å². The van der Waals surface area contributed by atoms with Crippen LogP contribution in [0.2, 0.25) is 0 Å². The summed E-state index contributed by atoms with van der Waals surface area (Å²) in [5.74, 6) is -22.0. The Hall–Kier alpha value is -14.0. The molecule has 5 aromatic carbocycles. The van der Waals surface area contributed by atoms with Crippen LogP contribution in [0.4, 0.5) is 0 Å². The molecule has 45 heteroatoms. The number of benzene rings is 5. The number of nitrogens with two attached hydrogens (primary N) is 5. The Morgan fingerprint density at radius 2 is 0.987 bits per heavy atom. The Labute approximate surface area is 871 Å². The van der Waals surface area contributed by atoms with Gasteiger partial charge < -0.3 is 128 Å². The highest BCUT2D eigenvalue weighted by Crippen LogP contribution is 2.29. The summed E-state index contributed by atoms with van der Waals surface area (Å²) in [6, 6.07) is 13.1. The van der Waals surface area contributed by atoms with Gasteiger partial charge in [0.25, 0.3) is 0 Å². The number of aryl methyl sites for hydroxylation is 2. The number of likely N-dealkylation sites (N-methyl/N-ethyl adjacent to an activating group) is 1. The molecule has 812 valence electrons. The van der Waals surface area contributed by atoms with E-state index in [2.05, 4.69) is 74.4 Å². The van der Waals surface area contributed by atoms with E-state index in [0.29, 0.717) is 35.1 Å². The molecule has 44 nitrogen and oxygen atoms in total. The lowest BCUT2D eigenvalue weighted by atomic mass is 9.84. The summed E-state index contributed by atoms with van der Waals surface area (Å²) >= 11 is 0.750. The zero-order valence-corrected chi connectivity index (χ0v) is 86.3. The average molecular weight is 2090 g/mol. The molecule has 2 heterocycles. The predicted octanol–water partition coefficient (Wildman–Crippen LogP) is -1.17. The van der Waals surface area contributed by atoms with Crippen LogP contribution >= 0.6 is 11.8 Å². The molecule has 17 amide bonds. The standard InChI is InChI=1S/C104H147N21O23S/c1-60(2)49-77-95(137)113-75(41-44-107)94(136)118-80(51-65-22-13-9-14-23-65)100(142)123-89(61(3)4)103(145)114-73(27-18-42-105)92(134)122-84(102(144)111-72(40-43-106)90(109)132)58-149-59-86(127)110-83(56-125-45-47-147-48-46-125)101(143)120-79(53-67-30-35-71(36-31-67)148-57-88(130)131)98(140)121-82(55-87(128)129)99(141)119-81(54-68-24-17-19-62(5)50-68)96(138)112-74(37-32-64-20-11-8-12-21-64)93(135)117-78(52-66-28-33-70(34-29-66)69-25-15-10-16-26-69)97(139)115-76(38-39-85(108)126)104(146)124(7)63(6)91(133)116-77/h8,10-12,15-17,19-21,24-26,28-31,33-36,50,60-61,63,65,72-84,89H,9,13-14,18,22-23,27,32,37-49,51-59,105-107H2,1-7H3,(H2,108,126)(H2,109,132)(H,110,127)(H,111,144)(H,112,138)(H,113,137)(H,114,145)(H,115,139)(H,116,133)(H,117,135)(H,118,136)(H,119,141)(H,120,143)(H,121,140)(H,122,134)(H,123,142)(H,128,129)(H,130,131)/t63-,72-,73-,74-,75-,76-,77+,78-,79-,80-,81-,82-,83-,84-,89-/m0/s1. The van der Waals surface area contributed by atoms with Crippen LogP contribution in [-0.2, 0) is 122 Å². The largest absolute Gasteiger partial charge is 0.482 e. The van der Waals surface area contributed by atoms with Crippen LogP contribution in [0, 0.1) is 24.7 Å². The lowest BCUT2D eigenvalue weighted by Gasteiger charge is -2.32. The van der Waals surface area contributed by atoms with Gasteiger partial charge in [0, 0.05) is 58.1 Å². The minimum Gasteiger partial charge on any atom is -0.482 e. The first-order chi connectivity index (χ1) is 71.1. The maximum absolute atomic E-state index is 15.7. The van der Waals surface area contributed by atoms with Crippen LogP contribution in [0.1, 0.15) is 159 Å². The number of hydrogen-bond acceptors (Lipinski definition) is 26. The van der Waals surface area contributed by atoms with Crippen molar-refractivity contribution < 1.29 is 111 Å². The number of nitrogens with one attached hydrogen (secondary N) is 14. The quantitative estimate of drug-likeness (QED) is 0.0227. The molecule has 3 aliphatic rings. The number of hydrogen-bond donors (Lipinski definition) is 21. The number of aliphatic carboxylic acids is 2. The number of primary amides is 2. The van der Waals surface area contributed by atoms with Crippen molar-refractivity contribution in [2.45, 2.75) is 254 Å². The van der Waals surface area contributed by atoms with E-state index in [-0.39, 0.29) is 140 Å². The van der Waals surface area contributed by atoms with Gasteiger partial charge in [-0.1, -0.05) is 187 Å². The molecule has 1 saturated carbocycles. The second kappa shape index (κ2) is 61.7. The molecule has 2 saturated heterocycles. The van der Waals surface area contributed by atoms with Crippen molar-refractivity contribution in [2.75, 3.05) is 77.6 Å². The summed E-state index contributed by atoms with van der Waals surface area (Å²) in [7, 11) is 1.23. The van der Waals surface area contributed by atoms with Gasteiger partial charge in [0.05, 0.1) is 25.4 Å². The monoisotopic (exact) mass is 2090 g/mol. The zero-order chi connectivity index (χ0) is 109. The molecule has 1 aliphatic carbocycles. The molecular weight excluding hydrogens is 1940 g/mol. The fourth-order valence-corrected chi connectivity index (χ4v) is 18.3. The average Bonchev–Trinajstić information content (AvgIpc) is 0.919. The predicted molar refractivity (Wildman–Crippen MR) is 553 cm³/mol. The first-order valence-corrected chi connectivity index (χ1v) is 51.7. The van der Waals surface area contributed by atoms with E-state index in [1.807, 2.05) is 30.3 Å². The summed E-state index contributed by atoms with van der Waals surface area (Å²) in [5.41, 5.74) is 33.6. The second-order valence-corrected chi connectivity index (χ2v) is 39.6. The zero-order valence-electron chi connectivity index (χ0n) is 85.5. The summed E-state index contributed by atoms with van der Waals surface area (Å²) < 4.78 is 11.0. The molecule has 149 heavy (non-hydrogen) atoms. The highest BCUT2D eigenvalue weighted by molar-refractivity contribution is 8.00. The summed E-state index contributed by atoms with van der Waals surface area (Å²) in [6.45, 7) is 9.20. The van der Waals surface area contributed by atoms with Crippen molar-refractivity contribution in [3.63, 3.8) is 0 Å². The number of carbonyl (C=O) groups is 19. The van der Waals surface area contributed by atoms with Crippen LogP contribution in [-0.4, -0.2) is 301 Å². The van der Waals surface area contributed by atoms with Gasteiger partial charge in [-0.15, -0.1) is 11.8 Å². The minimum absolute atomic E-state index is 0.0237. The molecule has 0 aromatic heterocycles. The van der Waals surface area contributed by atoms with Crippen LogP contribution < -0.4 is 108 Å². The molecule has 3 fully saturated rings. The molecule has 15 atom stereocenters. The maximum atomic E-state index is 15.7. The highest BCUT2D eigenvalue weighted by atomic mass is 32.2. The van der Waals surface area contributed by atoms with Gasteiger partial charge in [0.15, 0.2) is 6.61 Å². The van der Waals surface area contributed by atoms with Gasteiger partial charge >= 0.3 is 11.9 Å². The maximum Gasteiger partial charge on any atom is 0.341 e. The summed E-state index contributed by atoms with van der Waals surface area (Å²) in [5, 5.41) is 57.7. The lowest BCUT2D eigenvalue weighted by Crippen LogP contribution is -2.62. The van der Waals surface area contributed by atoms with E-state index in [4.69, 9.17) is 38.1 Å². The SMILES string of the molecule is Cc1cccc(C[C@@H]2NC(=O)[C@H](CC(=O)O)NC(=O)[C@H](Cc3ccc(OCC(=O)O)cc3)NC(=O)[C@H](CN3CCOCC3)NC(=O)CSC[C@@H](C(=O)N[C@@H](CCN)C(N)=O)NC(=O)[C@H](CCCN)NC(=O)[C@H](C(C)C)NC(=O)[C@H](CC3CCCCC3)NC(=O)[C@H](CCN)NC(=O)[C@@H](CC(C)C)NC(=O)[C@H](C)N(C)C(=O)[C@H](CCC(N)=O)NC(=O)[C@H](Cc3ccc(-c4ccccc4)cc3)NC(=O)[C@H](CCc3ccccc3)NC2=O)c1. The Morgan fingerprint density at radius 1 is 0.490 bits per heavy atom. The normalized spacial score (nSPS) is 23.6. The van der Waals surface area contributed by atoms with E-state index < -0.39 is 253 Å². The van der Waals surface area contributed by atoms with E-state index in [9.17, 15) is 63.0 Å². The Kier molecular flexibility index (Phi) is 49.8. The number of nitrogens with zero attached hydrogens (tertiary/aromatic N) is 2. The first-order valence-electron chi connectivity index (χ1n) is 50.5. The van der Waals surface area contributed by atoms with Crippen molar-refractivity contribution in [1.82, 2.24) is 84.2 Å². The number of carboxylic acids is 2. The number of carboxylic acid groups (broad SMARTS) is 2. The van der Waals surface area contributed by atoms with Gasteiger partial charge in [0.2, 0.25) is 100 Å². The van der Waals surface area contributed by atoms with Crippen molar-refractivity contribution in [1.29, 1.82) is 0 Å². The van der Waals surface area contributed by atoms with Crippen LogP contribution in [0.15, 0.2) is 133 Å². The number of ether oxygens (including phenoxy) is 2. The topological polar surface area (TPSA) is 688 Å². The molecule has 0 spiro atoms. The van der Waals surface area contributed by atoms with Crippen molar-refractivity contribution in [3.8, 4) is 16.9 Å². The van der Waals surface area contributed by atoms with Gasteiger partial charge in [-0.2, -0.15) is 0 Å². The molecule has 0 radical (unpaired) electrons.